The number of rotatable bonds is 5. The second-order valence-corrected chi connectivity index (χ2v) is 9.73. The summed E-state index contributed by atoms with van der Waals surface area (Å²) in [5.41, 5.74) is 5.05. The Morgan fingerprint density at radius 1 is 1.14 bits per heavy atom. The molecule has 2 fully saturated rings. The van der Waals surface area contributed by atoms with Crippen LogP contribution in [-0.2, 0) is 19.4 Å². The molecule has 9 heteroatoms. The second-order valence-electron chi connectivity index (χ2n) is 7.48. The van der Waals surface area contributed by atoms with Crippen molar-refractivity contribution in [1.29, 1.82) is 0 Å². The molecule has 0 spiro atoms. The van der Waals surface area contributed by atoms with Crippen LogP contribution in [0.1, 0.15) is 38.5 Å². The molecule has 0 aromatic heterocycles. The molecule has 8 nitrogen and oxygen atoms in total. The van der Waals surface area contributed by atoms with E-state index in [2.05, 4.69) is 10.6 Å². The fraction of sp³-hybridized carbons (Fsp3) is 0.579. The number of benzene rings is 1. The Morgan fingerprint density at radius 3 is 2.39 bits per heavy atom. The molecule has 1 atom stereocenters. The van der Waals surface area contributed by atoms with Crippen molar-refractivity contribution < 1.29 is 22.7 Å². The number of nitrogens with two attached hydrogens (primary N) is 1. The van der Waals surface area contributed by atoms with Gasteiger partial charge >= 0.3 is 6.09 Å². The lowest BCUT2D eigenvalue weighted by molar-refractivity contribution is -0.125. The Morgan fingerprint density at radius 2 is 1.82 bits per heavy atom. The van der Waals surface area contributed by atoms with E-state index in [0.29, 0.717) is 38.6 Å². The molecule has 1 heterocycles. The standard InChI is InChI=1S/C19H27N3O5S/c20-18(24)27-15-9-7-14(8-10-15)22-17(23)19(11-4-12-21-13-19)28(25,26)16-5-2-1-3-6-16/h1-3,5-6,14-15,21H,4,7-13H2,(H2,20,24)(H,22,23)/t14?,15?,19-/m0/s1. The number of nitrogens with one attached hydrogen (secondary N) is 2. The van der Waals surface area contributed by atoms with Crippen LogP contribution in [0, 0.1) is 0 Å². The van der Waals surface area contributed by atoms with Crippen LogP contribution in [0.3, 0.4) is 0 Å². The summed E-state index contributed by atoms with van der Waals surface area (Å²) in [6.07, 6.45) is 2.24. The minimum Gasteiger partial charge on any atom is -0.446 e. The predicted molar refractivity (Wildman–Crippen MR) is 103 cm³/mol. The lowest BCUT2D eigenvalue weighted by Gasteiger charge is -2.37. The van der Waals surface area contributed by atoms with E-state index in [9.17, 15) is 18.0 Å². The van der Waals surface area contributed by atoms with Gasteiger partial charge in [-0.1, -0.05) is 18.2 Å². The van der Waals surface area contributed by atoms with Crippen molar-refractivity contribution in [3.05, 3.63) is 30.3 Å². The van der Waals surface area contributed by atoms with Crippen molar-refractivity contribution in [2.75, 3.05) is 13.1 Å². The molecule has 0 unspecified atom stereocenters. The number of ether oxygens (including phenoxy) is 1. The molecule has 1 aromatic carbocycles. The fourth-order valence-electron chi connectivity index (χ4n) is 4.05. The predicted octanol–water partition coefficient (Wildman–Crippen LogP) is 1.11. The molecule has 0 radical (unpaired) electrons. The van der Waals surface area contributed by atoms with E-state index in [1.54, 1.807) is 18.2 Å². The number of hydrogen-bond acceptors (Lipinski definition) is 6. The highest BCUT2D eigenvalue weighted by atomic mass is 32.2. The lowest BCUT2D eigenvalue weighted by Crippen LogP contribution is -2.62. The van der Waals surface area contributed by atoms with Gasteiger partial charge in [-0.25, -0.2) is 13.2 Å². The van der Waals surface area contributed by atoms with E-state index >= 15 is 0 Å². The third-order valence-electron chi connectivity index (χ3n) is 5.62. The molecule has 28 heavy (non-hydrogen) atoms. The number of sulfone groups is 1. The highest BCUT2D eigenvalue weighted by Crippen LogP contribution is 2.33. The molecule has 2 amide bonds. The van der Waals surface area contributed by atoms with Crippen LogP contribution in [0.2, 0.25) is 0 Å². The zero-order chi connectivity index (χ0) is 20.2. The fourth-order valence-corrected chi connectivity index (χ4v) is 6.03. The van der Waals surface area contributed by atoms with Gasteiger partial charge in [-0.15, -0.1) is 0 Å². The summed E-state index contributed by atoms with van der Waals surface area (Å²) in [5, 5.41) is 6.04. The van der Waals surface area contributed by atoms with E-state index in [0.717, 1.165) is 0 Å². The highest BCUT2D eigenvalue weighted by Gasteiger charge is 2.52. The van der Waals surface area contributed by atoms with Gasteiger partial charge in [0.1, 0.15) is 6.10 Å². The molecule has 2 aliphatic rings. The second kappa shape index (κ2) is 8.48. The van der Waals surface area contributed by atoms with E-state index in [-0.39, 0.29) is 30.0 Å². The SMILES string of the molecule is NC(=O)OC1CCC(NC(=O)[C@]2(S(=O)(=O)c3ccccc3)CCCNC2)CC1. The Hall–Kier alpha value is -2.13. The first-order valence-corrected chi connectivity index (χ1v) is 11.1. The average molecular weight is 410 g/mol. The normalized spacial score (nSPS) is 28.3. The van der Waals surface area contributed by atoms with Gasteiger partial charge in [0.2, 0.25) is 5.91 Å². The first-order valence-electron chi connectivity index (χ1n) is 9.62. The molecule has 1 aromatic rings. The van der Waals surface area contributed by atoms with Crippen LogP contribution in [0.15, 0.2) is 35.2 Å². The van der Waals surface area contributed by atoms with Crippen LogP contribution >= 0.6 is 0 Å². The molecule has 1 saturated carbocycles. The van der Waals surface area contributed by atoms with E-state index in [4.69, 9.17) is 10.5 Å². The Kier molecular flexibility index (Phi) is 6.24. The Labute approximate surface area is 165 Å². The van der Waals surface area contributed by atoms with Gasteiger partial charge in [-0.3, -0.25) is 4.79 Å². The molecule has 3 rings (SSSR count). The van der Waals surface area contributed by atoms with Gasteiger partial charge in [-0.2, -0.15) is 0 Å². The van der Waals surface area contributed by atoms with Crippen molar-refractivity contribution in [3.8, 4) is 0 Å². The Bertz CT molecular complexity index is 798. The maximum atomic E-state index is 13.4. The van der Waals surface area contributed by atoms with Crippen molar-refractivity contribution in [1.82, 2.24) is 10.6 Å². The zero-order valence-corrected chi connectivity index (χ0v) is 16.5. The number of piperidine rings is 1. The minimum absolute atomic E-state index is 0.0934. The topological polar surface area (TPSA) is 128 Å². The molecule has 1 saturated heterocycles. The molecule has 0 bridgehead atoms. The minimum atomic E-state index is -3.86. The smallest absolute Gasteiger partial charge is 0.404 e. The van der Waals surface area contributed by atoms with Crippen molar-refractivity contribution >= 4 is 21.8 Å². The number of primary amides is 1. The first kappa shape index (κ1) is 20.6. The quantitative estimate of drug-likeness (QED) is 0.668. The summed E-state index contributed by atoms with van der Waals surface area (Å²) >= 11 is 0. The zero-order valence-electron chi connectivity index (χ0n) is 15.7. The average Bonchev–Trinajstić information content (AvgIpc) is 2.70. The monoisotopic (exact) mass is 409 g/mol. The third-order valence-corrected chi connectivity index (χ3v) is 8.07. The number of amides is 2. The molecule has 1 aliphatic heterocycles. The third kappa shape index (κ3) is 4.15. The first-order chi connectivity index (χ1) is 13.3. The Balaban J connectivity index is 1.75. The van der Waals surface area contributed by atoms with E-state index in [1.807, 2.05) is 0 Å². The van der Waals surface area contributed by atoms with Crippen LogP contribution < -0.4 is 16.4 Å². The summed E-state index contributed by atoms with van der Waals surface area (Å²) < 4.78 is 30.3. The summed E-state index contributed by atoms with van der Waals surface area (Å²) in [7, 11) is -3.86. The number of hydrogen-bond donors (Lipinski definition) is 3. The van der Waals surface area contributed by atoms with E-state index < -0.39 is 26.6 Å². The maximum absolute atomic E-state index is 13.4. The summed E-state index contributed by atoms with van der Waals surface area (Å²) in [5.74, 6) is -0.456. The van der Waals surface area contributed by atoms with Gasteiger partial charge in [-0.05, 0) is 57.2 Å². The molecular formula is C19H27N3O5S. The van der Waals surface area contributed by atoms with Gasteiger partial charge in [0.25, 0.3) is 0 Å². The summed E-state index contributed by atoms with van der Waals surface area (Å²) in [6.45, 7) is 0.783. The van der Waals surface area contributed by atoms with Crippen LogP contribution in [-0.4, -0.2) is 50.4 Å². The van der Waals surface area contributed by atoms with Gasteiger partial charge in [0.15, 0.2) is 14.6 Å². The van der Waals surface area contributed by atoms with E-state index in [1.165, 1.54) is 12.1 Å². The van der Waals surface area contributed by atoms with Gasteiger partial charge in [0, 0.05) is 12.6 Å². The van der Waals surface area contributed by atoms with Crippen LogP contribution in [0.5, 0.6) is 0 Å². The molecule has 4 N–H and O–H groups in total. The van der Waals surface area contributed by atoms with Gasteiger partial charge in [0.05, 0.1) is 4.90 Å². The van der Waals surface area contributed by atoms with Crippen molar-refractivity contribution in [2.45, 2.75) is 60.3 Å². The maximum Gasteiger partial charge on any atom is 0.404 e. The van der Waals surface area contributed by atoms with Gasteiger partial charge < -0.3 is 21.1 Å². The molecule has 154 valence electrons. The molecule has 1 aliphatic carbocycles. The van der Waals surface area contributed by atoms with Crippen molar-refractivity contribution in [2.24, 2.45) is 5.73 Å². The highest BCUT2D eigenvalue weighted by molar-refractivity contribution is 7.93. The summed E-state index contributed by atoms with van der Waals surface area (Å²) in [6, 6.07) is 7.99. The molecular weight excluding hydrogens is 382 g/mol. The number of carbonyl (C=O) groups excluding carboxylic acids is 2. The largest absolute Gasteiger partial charge is 0.446 e. The van der Waals surface area contributed by atoms with Crippen LogP contribution in [0.25, 0.3) is 0 Å². The number of carbonyl (C=O) groups is 2. The lowest BCUT2D eigenvalue weighted by atomic mass is 9.91. The van der Waals surface area contributed by atoms with Crippen molar-refractivity contribution in [3.63, 3.8) is 0 Å². The van der Waals surface area contributed by atoms with Crippen LogP contribution in [0.4, 0.5) is 4.79 Å². The summed E-state index contributed by atoms with van der Waals surface area (Å²) in [4.78, 5) is 24.3.